The van der Waals surface area contributed by atoms with Gasteiger partial charge in [0, 0.05) is 23.6 Å². The van der Waals surface area contributed by atoms with Gasteiger partial charge in [-0.15, -0.1) is 5.10 Å². The maximum Gasteiger partial charge on any atom is 0.186 e. The summed E-state index contributed by atoms with van der Waals surface area (Å²) in [5.41, 5.74) is 13.4. The Hall–Kier alpha value is -2.51. The minimum absolute atomic E-state index is 0.201. The van der Waals surface area contributed by atoms with Crippen molar-refractivity contribution in [2.75, 3.05) is 30.9 Å². The zero-order chi connectivity index (χ0) is 21.4. The van der Waals surface area contributed by atoms with Crippen molar-refractivity contribution in [3.05, 3.63) is 36.2 Å². The maximum absolute atomic E-state index is 6.32. The highest BCUT2D eigenvalue weighted by Crippen LogP contribution is 2.45. The van der Waals surface area contributed by atoms with Gasteiger partial charge in [0.1, 0.15) is 24.3 Å². The van der Waals surface area contributed by atoms with Gasteiger partial charge >= 0.3 is 0 Å². The summed E-state index contributed by atoms with van der Waals surface area (Å²) in [6, 6.07) is 7.61. The minimum atomic E-state index is -0.559. The highest BCUT2D eigenvalue weighted by Gasteiger charge is 2.54. The number of aromatic nitrogens is 5. The van der Waals surface area contributed by atoms with E-state index >= 15 is 0 Å². The summed E-state index contributed by atoms with van der Waals surface area (Å²) in [4.78, 5) is 8.27. The first kappa shape index (κ1) is 20.4. The molecule has 0 saturated carbocycles. The molecule has 0 amide bonds. The molecule has 2 aliphatic heterocycles. The van der Waals surface area contributed by atoms with Crippen molar-refractivity contribution in [3.8, 4) is 5.75 Å². The van der Waals surface area contributed by atoms with Crippen molar-refractivity contribution in [2.24, 2.45) is 5.73 Å². The average molecular weight is 446 g/mol. The number of ether oxygens (including phenoxy) is 4. The Morgan fingerprint density at radius 2 is 1.94 bits per heavy atom. The lowest BCUT2D eigenvalue weighted by atomic mass is 10.1. The Kier molecular flexibility index (Phi) is 5.63. The van der Waals surface area contributed by atoms with E-state index in [1.165, 1.54) is 6.33 Å². The molecule has 164 valence electrons. The van der Waals surface area contributed by atoms with Crippen LogP contribution in [-0.4, -0.2) is 68.4 Å². The van der Waals surface area contributed by atoms with Crippen LogP contribution in [0.1, 0.15) is 18.1 Å². The summed E-state index contributed by atoms with van der Waals surface area (Å²) in [5.74, 6) is 2.59. The first-order chi connectivity index (χ1) is 15.2. The van der Waals surface area contributed by atoms with Gasteiger partial charge < -0.3 is 30.4 Å². The topological polar surface area (TPSA) is 145 Å². The highest BCUT2D eigenvalue weighted by atomic mass is 32.2. The van der Waals surface area contributed by atoms with Crippen molar-refractivity contribution in [1.82, 2.24) is 25.0 Å². The van der Waals surface area contributed by atoms with Gasteiger partial charge in [-0.3, -0.25) is 0 Å². The Balaban J connectivity index is 1.44. The SMILES string of the molecule is COc1ccc(C2OC3C(CSCCN)OC(n4nnc5c(N)ncnc54)C3O2)cc1. The molecular weight excluding hydrogens is 422 g/mol. The van der Waals surface area contributed by atoms with Crippen molar-refractivity contribution in [1.29, 1.82) is 0 Å². The number of benzene rings is 1. The summed E-state index contributed by atoms with van der Waals surface area (Å²) in [6.07, 6.45) is -0.574. The van der Waals surface area contributed by atoms with Crippen LogP contribution < -0.4 is 16.2 Å². The first-order valence-electron chi connectivity index (χ1n) is 9.89. The van der Waals surface area contributed by atoms with E-state index in [-0.39, 0.29) is 18.0 Å². The third-order valence-electron chi connectivity index (χ3n) is 5.31. The Morgan fingerprint density at radius 1 is 1.13 bits per heavy atom. The lowest BCUT2D eigenvalue weighted by Gasteiger charge is -2.20. The normalized spacial score (nSPS) is 27.6. The number of thioether (sulfide) groups is 1. The zero-order valence-electron chi connectivity index (χ0n) is 16.8. The van der Waals surface area contributed by atoms with Gasteiger partial charge in [-0.1, -0.05) is 17.3 Å². The maximum atomic E-state index is 6.32. The van der Waals surface area contributed by atoms with E-state index in [2.05, 4.69) is 20.3 Å². The second-order valence-electron chi connectivity index (χ2n) is 7.20. The molecular formula is C19H23N7O4S. The molecule has 0 bridgehead atoms. The summed E-state index contributed by atoms with van der Waals surface area (Å²) >= 11 is 1.71. The molecule has 5 atom stereocenters. The monoisotopic (exact) mass is 445 g/mol. The Labute approximate surface area is 182 Å². The van der Waals surface area contributed by atoms with Crippen LogP contribution in [0.3, 0.4) is 0 Å². The second kappa shape index (κ2) is 8.55. The van der Waals surface area contributed by atoms with Gasteiger partial charge in [0.05, 0.1) is 13.2 Å². The lowest BCUT2D eigenvalue weighted by molar-refractivity contribution is -0.145. The fraction of sp³-hybridized carbons (Fsp3) is 0.474. The standard InChI is InChI=1S/C19H23N7O4S/c1-27-11-4-2-10(3-5-11)19-29-14-12(8-31-7-6-20)28-18(15(14)30-19)26-17-13(24-25-26)16(21)22-9-23-17/h2-5,9,12,14-15,18-19H,6-8,20H2,1H3,(H2,21,22,23). The van der Waals surface area contributed by atoms with Crippen LogP contribution in [0, 0.1) is 0 Å². The van der Waals surface area contributed by atoms with Gasteiger partial charge in [-0.25, -0.2) is 9.97 Å². The van der Waals surface area contributed by atoms with Crippen molar-refractivity contribution < 1.29 is 18.9 Å². The Morgan fingerprint density at radius 3 is 2.71 bits per heavy atom. The largest absolute Gasteiger partial charge is 0.497 e. The molecule has 0 radical (unpaired) electrons. The molecule has 4 heterocycles. The molecule has 5 rings (SSSR count). The van der Waals surface area contributed by atoms with E-state index in [0.29, 0.717) is 17.7 Å². The minimum Gasteiger partial charge on any atom is -0.497 e. The van der Waals surface area contributed by atoms with Crippen LogP contribution in [-0.2, 0) is 14.2 Å². The molecule has 4 N–H and O–H groups in total. The molecule has 0 spiro atoms. The van der Waals surface area contributed by atoms with E-state index in [0.717, 1.165) is 22.8 Å². The van der Waals surface area contributed by atoms with Crippen molar-refractivity contribution in [3.63, 3.8) is 0 Å². The predicted molar refractivity (Wildman–Crippen MR) is 113 cm³/mol. The van der Waals surface area contributed by atoms with Crippen molar-refractivity contribution in [2.45, 2.75) is 30.8 Å². The van der Waals surface area contributed by atoms with E-state index in [4.69, 9.17) is 30.4 Å². The molecule has 2 aromatic heterocycles. The van der Waals surface area contributed by atoms with Crippen LogP contribution >= 0.6 is 11.8 Å². The van der Waals surface area contributed by atoms with Gasteiger partial charge in [0.2, 0.25) is 0 Å². The van der Waals surface area contributed by atoms with Crippen LogP contribution in [0.4, 0.5) is 5.82 Å². The number of anilines is 1. The molecule has 0 aliphatic carbocycles. The third-order valence-corrected chi connectivity index (χ3v) is 6.40. The molecule has 3 aromatic rings. The summed E-state index contributed by atoms with van der Waals surface area (Å²) in [6.45, 7) is 0.602. The van der Waals surface area contributed by atoms with Gasteiger partial charge in [-0.2, -0.15) is 16.4 Å². The lowest BCUT2D eigenvalue weighted by Crippen LogP contribution is -2.30. The number of nitrogens with zero attached hydrogens (tertiary/aromatic N) is 5. The molecule has 12 heteroatoms. The van der Waals surface area contributed by atoms with E-state index in [1.807, 2.05) is 24.3 Å². The molecule has 2 saturated heterocycles. The van der Waals surface area contributed by atoms with Crippen LogP contribution in [0.25, 0.3) is 11.2 Å². The summed E-state index contributed by atoms with van der Waals surface area (Å²) < 4.78 is 25.8. The number of rotatable bonds is 7. The highest BCUT2D eigenvalue weighted by molar-refractivity contribution is 7.99. The molecule has 1 aromatic carbocycles. The number of hydrogen-bond acceptors (Lipinski definition) is 11. The number of nitrogen functional groups attached to an aromatic ring is 1. The predicted octanol–water partition coefficient (Wildman–Crippen LogP) is 0.884. The zero-order valence-corrected chi connectivity index (χ0v) is 17.6. The first-order valence-corrected chi connectivity index (χ1v) is 11.0. The third kappa shape index (κ3) is 3.70. The number of fused-ring (bicyclic) bond motifs is 2. The number of methoxy groups -OCH3 is 1. The average Bonchev–Trinajstić information content (AvgIpc) is 3.49. The second-order valence-corrected chi connectivity index (χ2v) is 8.35. The molecule has 11 nitrogen and oxygen atoms in total. The van der Waals surface area contributed by atoms with Gasteiger partial charge in [-0.05, 0) is 12.1 Å². The van der Waals surface area contributed by atoms with Crippen LogP contribution in [0.2, 0.25) is 0 Å². The smallest absolute Gasteiger partial charge is 0.186 e. The summed E-state index contributed by atoms with van der Waals surface area (Å²) in [7, 11) is 1.63. The molecule has 5 unspecified atom stereocenters. The molecule has 2 aliphatic rings. The molecule has 31 heavy (non-hydrogen) atoms. The van der Waals surface area contributed by atoms with E-state index < -0.39 is 18.6 Å². The number of nitrogens with two attached hydrogens (primary N) is 2. The van der Waals surface area contributed by atoms with E-state index in [9.17, 15) is 0 Å². The van der Waals surface area contributed by atoms with Gasteiger partial charge in [0.25, 0.3) is 0 Å². The van der Waals surface area contributed by atoms with E-state index in [1.54, 1.807) is 23.6 Å². The quantitative estimate of drug-likeness (QED) is 0.500. The fourth-order valence-electron chi connectivity index (χ4n) is 3.82. The number of hydrogen-bond donors (Lipinski definition) is 2. The molecule has 2 fully saturated rings. The summed E-state index contributed by atoms with van der Waals surface area (Å²) in [5, 5.41) is 8.35. The van der Waals surface area contributed by atoms with Gasteiger partial charge in [0.15, 0.2) is 29.5 Å². The van der Waals surface area contributed by atoms with Crippen LogP contribution in [0.15, 0.2) is 30.6 Å². The van der Waals surface area contributed by atoms with Crippen molar-refractivity contribution >= 4 is 28.7 Å². The van der Waals surface area contributed by atoms with Crippen LogP contribution in [0.5, 0.6) is 5.75 Å². The Bertz CT molecular complexity index is 1050. The fourth-order valence-corrected chi connectivity index (χ4v) is 4.65.